The number of aryl methyl sites for hydroxylation is 1. The Kier molecular flexibility index (Phi) is 3.97. The lowest BCUT2D eigenvalue weighted by Crippen LogP contribution is -2.41. The SMILES string of the molecule is Cc1cc(C(=O)N2CCC(C3(O)CC3)CC2)sc1-c1ccccc1. The first-order valence-electron chi connectivity index (χ1n) is 8.74. The summed E-state index contributed by atoms with van der Waals surface area (Å²) in [5.74, 6) is 0.526. The Morgan fingerprint density at radius 3 is 2.50 bits per heavy atom. The maximum Gasteiger partial charge on any atom is 0.263 e. The normalized spacial score (nSPS) is 20.2. The van der Waals surface area contributed by atoms with Crippen LogP contribution in [0.25, 0.3) is 10.4 Å². The molecule has 126 valence electrons. The molecule has 0 bridgehead atoms. The lowest BCUT2D eigenvalue weighted by molar-refractivity contribution is 0.0343. The van der Waals surface area contributed by atoms with E-state index in [9.17, 15) is 9.90 Å². The summed E-state index contributed by atoms with van der Waals surface area (Å²) in [5, 5.41) is 10.3. The summed E-state index contributed by atoms with van der Waals surface area (Å²) in [4.78, 5) is 16.8. The summed E-state index contributed by atoms with van der Waals surface area (Å²) in [5.41, 5.74) is 1.93. The molecule has 2 aromatic rings. The van der Waals surface area contributed by atoms with E-state index in [0.29, 0.717) is 5.92 Å². The maximum atomic E-state index is 12.8. The summed E-state index contributed by atoms with van der Waals surface area (Å²) in [6, 6.07) is 12.3. The Labute approximate surface area is 146 Å². The minimum atomic E-state index is -0.408. The largest absolute Gasteiger partial charge is 0.390 e. The lowest BCUT2D eigenvalue weighted by atomic mass is 9.89. The van der Waals surface area contributed by atoms with Crippen LogP contribution in [0.15, 0.2) is 36.4 Å². The average molecular weight is 341 g/mol. The number of benzene rings is 1. The van der Waals surface area contributed by atoms with Gasteiger partial charge in [0.2, 0.25) is 0 Å². The summed E-state index contributed by atoms with van der Waals surface area (Å²) in [7, 11) is 0. The number of rotatable bonds is 3. The van der Waals surface area contributed by atoms with Gasteiger partial charge in [-0.25, -0.2) is 0 Å². The highest BCUT2D eigenvalue weighted by atomic mass is 32.1. The van der Waals surface area contributed by atoms with Crippen molar-refractivity contribution in [3.05, 3.63) is 46.8 Å². The third-order valence-electron chi connectivity index (χ3n) is 5.47. The van der Waals surface area contributed by atoms with Crippen LogP contribution >= 0.6 is 11.3 Å². The fourth-order valence-electron chi connectivity index (χ4n) is 3.78. The van der Waals surface area contributed by atoms with Crippen molar-refractivity contribution in [1.29, 1.82) is 0 Å². The molecule has 3 nitrogen and oxygen atoms in total. The monoisotopic (exact) mass is 341 g/mol. The molecule has 24 heavy (non-hydrogen) atoms. The molecule has 1 aromatic carbocycles. The molecule has 1 aliphatic carbocycles. The average Bonchev–Trinajstić information content (AvgIpc) is 3.25. The van der Waals surface area contributed by atoms with Crippen molar-refractivity contribution in [2.24, 2.45) is 5.92 Å². The van der Waals surface area contributed by atoms with Gasteiger partial charge in [0, 0.05) is 18.0 Å². The molecule has 1 aromatic heterocycles. The lowest BCUT2D eigenvalue weighted by Gasteiger charge is -2.34. The van der Waals surface area contributed by atoms with E-state index in [1.807, 2.05) is 29.2 Å². The quantitative estimate of drug-likeness (QED) is 0.913. The highest BCUT2D eigenvalue weighted by Gasteiger charge is 2.48. The van der Waals surface area contributed by atoms with Gasteiger partial charge in [0.15, 0.2) is 0 Å². The third-order valence-corrected chi connectivity index (χ3v) is 6.74. The predicted molar refractivity (Wildman–Crippen MR) is 97.3 cm³/mol. The highest BCUT2D eigenvalue weighted by molar-refractivity contribution is 7.17. The summed E-state index contributed by atoms with van der Waals surface area (Å²) >= 11 is 1.59. The Bertz CT molecular complexity index is 740. The molecule has 1 saturated heterocycles. The molecule has 1 saturated carbocycles. The van der Waals surface area contributed by atoms with Crippen LogP contribution in [-0.4, -0.2) is 34.6 Å². The Hall–Kier alpha value is -1.65. The van der Waals surface area contributed by atoms with Gasteiger partial charge in [-0.05, 0) is 55.7 Å². The summed E-state index contributed by atoms with van der Waals surface area (Å²) in [6.45, 7) is 3.61. The van der Waals surface area contributed by atoms with Gasteiger partial charge in [0.05, 0.1) is 10.5 Å². The molecule has 0 atom stereocenters. The van der Waals surface area contributed by atoms with Crippen molar-refractivity contribution >= 4 is 17.2 Å². The van der Waals surface area contributed by atoms with Crippen LogP contribution in [0.1, 0.15) is 40.9 Å². The Morgan fingerprint density at radius 1 is 1.21 bits per heavy atom. The molecule has 2 fully saturated rings. The van der Waals surface area contributed by atoms with Crippen LogP contribution in [0.5, 0.6) is 0 Å². The van der Waals surface area contributed by atoms with Gasteiger partial charge in [-0.3, -0.25) is 4.79 Å². The van der Waals surface area contributed by atoms with Gasteiger partial charge in [-0.1, -0.05) is 30.3 Å². The van der Waals surface area contributed by atoms with Crippen molar-refractivity contribution in [3.63, 3.8) is 0 Å². The highest BCUT2D eigenvalue weighted by Crippen LogP contribution is 2.46. The minimum Gasteiger partial charge on any atom is -0.390 e. The molecule has 1 aliphatic heterocycles. The topological polar surface area (TPSA) is 40.5 Å². The minimum absolute atomic E-state index is 0.145. The van der Waals surface area contributed by atoms with Gasteiger partial charge in [0.1, 0.15) is 0 Å². The van der Waals surface area contributed by atoms with Crippen molar-refractivity contribution in [1.82, 2.24) is 4.90 Å². The first-order valence-corrected chi connectivity index (χ1v) is 9.56. The fourth-order valence-corrected chi connectivity index (χ4v) is 4.92. The van der Waals surface area contributed by atoms with E-state index in [1.54, 1.807) is 11.3 Å². The van der Waals surface area contributed by atoms with Crippen LogP contribution < -0.4 is 0 Å². The first kappa shape index (κ1) is 15.9. The molecule has 0 spiro atoms. The van der Waals surface area contributed by atoms with E-state index in [2.05, 4.69) is 19.1 Å². The zero-order valence-electron chi connectivity index (χ0n) is 14.0. The summed E-state index contributed by atoms with van der Waals surface area (Å²) in [6.07, 6.45) is 3.74. The summed E-state index contributed by atoms with van der Waals surface area (Å²) < 4.78 is 0. The van der Waals surface area contributed by atoms with E-state index < -0.39 is 5.60 Å². The number of likely N-dealkylation sites (tertiary alicyclic amines) is 1. The van der Waals surface area contributed by atoms with Crippen LogP contribution in [0.3, 0.4) is 0 Å². The third kappa shape index (κ3) is 2.89. The fraction of sp³-hybridized carbons (Fsp3) is 0.450. The second kappa shape index (κ2) is 6.01. The van der Waals surface area contributed by atoms with Crippen LogP contribution in [0.2, 0.25) is 0 Å². The van der Waals surface area contributed by atoms with Crippen molar-refractivity contribution in [3.8, 4) is 10.4 Å². The first-order chi connectivity index (χ1) is 11.6. The number of thiophene rings is 1. The number of nitrogens with zero attached hydrogens (tertiary/aromatic N) is 1. The zero-order chi connectivity index (χ0) is 16.7. The number of carbonyl (C=O) groups excluding carboxylic acids is 1. The number of piperidine rings is 1. The molecule has 2 heterocycles. The molecule has 1 amide bonds. The van der Waals surface area contributed by atoms with Crippen molar-refractivity contribution in [2.45, 2.75) is 38.2 Å². The van der Waals surface area contributed by atoms with Gasteiger partial charge < -0.3 is 10.0 Å². The van der Waals surface area contributed by atoms with Gasteiger partial charge in [-0.15, -0.1) is 11.3 Å². The van der Waals surface area contributed by atoms with Gasteiger partial charge in [0.25, 0.3) is 5.91 Å². The van der Waals surface area contributed by atoms with Crippen molar-refractivity contribution in [2.75, 3.05) is 13.1 Å². The Morgan fingerprint density at radius 2 is 1.88 bits per heavy atom. The number of amides is 1. The van der Waals surface area contributed by atoms with E-state index in [1.165, 1.54) is 10.4 Å². The van der Waals surface area contributed by atoms with Crippen LogP contribution in [0.4, 0.5) is 0 Å². The van der Waals surface area contributed by atoms with E-state index in [-0.39, 0.29) is 5.91 Å². The maximum absolute atomic E-state index is 12.8. The molecular formula is C20H23NO2S. The second-order valence-corrected chi connectivity index (χ2v) is 8.21. The molecule has 4 heteroatoms. The van der Waals surface area contributed by atoms with Crippen LogP contribution in [-0.2, 0) is 0 Å². The number of hydrogen-bond acceptors (Lipinski definition) is 3. The molecule has 2 aliphatic rings. The van der Waals surface area contributed by atoms with Crippen LogP contribution in [0, 0.1) is 12.8 Å². The predicted octanol–water partition coefficient (Wildman–Crippen LogP) is 4.10. The van der Waals surface area contributed by atoms with Gasteiger partial charge >= 0.3 is 0 Å². The van der Waals surface area contributed by atoms with Crippen molar-refractivity contribution < 1.29 is 9.90 Å². The molecular weight excluding hydrogens is 318 g/mol. The molecule has 0 unspecified atom stereocenters. The number of aliphatic hydroxyl groups is 1. The van der Waals surface area contributed by atoms with E-state index in [4.69, 9.17) is 0 Å². The van der Waals surface area contributed by atoms with E-state index >= 15 is 0 Å². The smallest absolute Gasteiger partial charge is 0.263 e. The number of carbonyl (C=O) groups is 1. The standard InChI is InChI=1S/C20H23NO2S/c1-14-13-17(24-18(14)15-5-3-2-4-6-15)19(22)21-11-7-16(8-12-21)20(23)9-10-20/h2-6,13,16,23H,7-12H2,1H3. The zero-order valence-corrected chi connectivity index (χ0v) is 14.8. The molecule has 1 N–H and O–H groups in total. The van der Waals surface area contributed by atoms with Gasteiger partial charge in [-0.2, -0.15) is 0 Å². The molecule has 0 radical (unpaired) electrons. The number of hydrogen-bond donors (Lipinski definition) is 1. The molecule has 4 rings (SSSR count). The van der Waals surface area contributed by atoms with E-state index in [0.717, 1.165) is 49.2 Å². The Balaban J connectivity index is 1.47. The second-order valence-electron chi connectivity index (χ2n) is 7.16.